The van der Waals surface area contributed by atoms with Crippen molar-refractivity contribution in [3.05, 3.63) is 67.9 Å². The van der Waals surface area contributed by atoms with Crippen LogP contribution < -0.4 is 10.6 Å². The zero-order chi connectivity index (χ0) is 23.4. The molecule has 3 rings (SSSR count). The third-order valence-corrected chi connectivity index (χ3v) is 6.82. The molecule has 1 heterocycles. The van der Waals surface area contributed by atoms with Crippen LogP contribution in [0.5, 0.6) is 0 Å². The summed E-state index contributed by atoms with van der Waals surface area (Å²) in [6.07, 6.45) is 0. The Morgan fingerprint density at radius 2 is 1.66 bits per heavy atom. The molecule has 0 spiro atoms. The van der Waals surface area contributed by atoms with E-state index in [1.54, 1.807) is 48.9 Å². The van der Waals surface area contributed by atoms with Gasteiger partial charge < -0.3 is 15.2 Å². The van der Waals surface area contributed by atoms with Gasteiger partial charge in [0, 0.05) is 18.3 Å². The summed E-state index contributed by atoms with van der Waals surface area (Å²) in [5, 5.41) is 15.8. The minimum absolute atomic E-state index is 0.107. The first kappa shape index (κ1) is 24.7. The average Bonchev–Trinajstić information content (AvgIpc) is 3.11. The van der Waals surface area contributed by atoms with Gasteiger partial charge in [-0.05, 0) is 43.3 Å². The quantitative estimate of drug-likeness (QED) is 0.384. The molecule has 1 aromatic heterocycles. The van der Waals surface area contributed by atoms with Gasteiger partial charge in [-0.2, -0.15) is 0 Å². The maximum atomic E-state index is 12.5. The van der Waals surface area contributed by atoms with Gasteiger partial charge in [-0.3, -0.25) is 9.59 Å². The molecule has 0 bridgehead atoms. The Morgan fingerprint density at radius 1 is 1.00 bits per heavy atom. The molecule has 0 aliphatic heterocycles. The van der Waals surface area contributed by atoms with Crippen molar-refractivity contribution in [1.29, 1.82) is 0 Å². The lowest BCUT2D eigenvalue weighted by molar-refractivity contribution is -0.113. The van der Waals surface area contributed by atoms with Crippen LogP contribution in [0.4, 0.5) is 5.69 Å². The highest BCUT2D eigenvalue weighted by Gasteiger charge is 2.19. The molecule has 0 aliphatic rings. The fourth-order valence-corrected chi connectivity index (χ4v) is 4.03. The fourth-order valence-electron chi connectivity index (χ4n) is 2.71. The SMILES string of the molecule is C[C@@H](NC(=O)c1ccc(Cl)c(Cl)c1)c1nnc(SCC(=O)Nc2ccc(Cl)c(Cl)c2)n1C. The van der Waals surface area contributed by atoms with Gasteiger partial charge in [0.05, 0.1) is 31.9 Å². The first-order chi connectivity index (χ1) is 15.2. The number of hydrogen-bond donors (Lipinski definition) is 2. The molecule has 3 aromatic rings. The highest BCUT2D eigenvalue weighted by atomic mass is 35.5. The molecule has 0 aliphatic carbocycles. The zero-order valence-corrected chi connectivity index (χ0v) is 20.7. The number of carbonyl (C=O) groups is 2. The van der Waals surface area contributed by atoms with Gasteiger partial charge in [-0.15, -0.1) is 10.2 Å². The third-order valence-electron chi connectivity index (χ3n) is 4.32. The lowest BCUT2D eigenvalue weighted by atomic mass is 10.2. The van der Waals surface area contributed by atoms with Gasteiger partial charge in [0.25, 0.3) is 5.91 Å². The third kappa shape index (κ3) is 6.08. The largest absolute Gasteiger partial charge is 0.342 e. The minimum atomic E-state index is -0.436. The number of carbonyl (C=O) groups excluding carboxylic acids is 2. The van der Waals surface area contributed by atoms with Crippen LogP contribution in [0.15, 0.2) is 41.6 Å². The van der Waals surface area contributed by atoms with E-state index in [1.165, 1.54) is 17.8 Å². The molecule has 0 fully saturated rings. The summed E-state index contributed by atoms with van der Waals surface area (Å²) >= 11 is 24.9. The van der Waals surface area contributed by atoms with Gasteiger partial charge in [-0.1, -0.05) is 58.2 Å². The van der Waals surface area contributed by atoms with E-state index in [1.807, 2.05) is 0 Å². The van der Waals surface area contributed by atoms with Crippen molar-refractivity contribution in [3.8, 4) is 0 Å². The molecule has 7 nitrogen and oxygen atoms in total. The topological polar surface area (TPSA) is 88.9 Å². The number of rotatable bonds is 7. The van der Waals surface area contributed by atoms with Crippen molar-refractivity contribution in [2.45, 2.75) is 18.1 Å². The Balaban J connectivity index is 1.59. The Labute approximate surface area is 208 Å². The molecule has 168 valence electrons. The monoisotopic (exact) mass is 531 g/mol. The molecule has 12 heteroatoms. The summed E-state index contributed by atoms with van der Waals surface area (Å²) in [6.45, 7) is 1.78. The number of benzene rings is 2. The maximum absolute atomic E-state index is 12.5. The van der Waals surface area contributed by atoms with Crippen LogP contribution in [0, 0.1) is 0 Å². The lowest BCUT2D eigenvalue weighted by Gasteiger charge is -2.14. The second kappa shape index (κ2) is 10.8. The van der Waals surface area contributed by atoms with Crippen molar-refractivity contribution < 1.29 is 9.59 Å². The number of anilines is 1. The predicted molar refractivity (Wildman–Crippen MR) is 129 cm³/mol. The number of nitrogens with one attached hydrogen (secondary N) is 2. The summed E-state index contributed by atoms with van der Waals surface area (Å²) in [5.41, 5.74) is 0.921. The summed E-state index contributed by atoms with van der Waals surface area (Å²) in [5.74, 6) is 0.0787. The van der Waals surface area contributed by atoms with E-state index in [-0.39, 0.29) is 17.6 Å². The van der Waals surface area contributed by atoms with Crippen LogP contribution in [-0.4, -0.2) is 32.3 Å². The van der Waals surface area contributed by atoms with E-state index in [4.69, 9.17) is 46.4 Å². The Bertz CT molecular complexity index is 1170. The normalized spacial score (nSPS) is 11.8. The number of aromatic nitrogens is 3. The van der Waals surface area contributed by atoms with Crippen LogP contribution in [0.2, 0.25) is 20.1 Å². The lowest BCUT2D eigenvalue weighted by Crippen LogP contribution is -2.28. The van der Waals surface area contributed by atoms with E-state index in [0.717, 1.165) is 0 Å². The second-order valence-corrected chi connectivity index (χ2v) is 9.26. The Hall–Kier alpha value is -1.97. The van der Waals surface area contributed by atoms with Crippen molar-refractivity contribution in [1.82, 2.24) is 20.1 Å². The number of halogens is 4. The average molecular weight is 533 g/mol. The first-order valence-corrected chi connectivity index (χ1v) is 11.7. The van der Waals surface area contributed by atoms with Gasteiger partial charge in [0.1, 0.15) is 0 Å². The van der Waals surface area contributed by atoms with Crippen molar-refractivity contribution in [2.24, 2.45) is 7.05 Å². The number of amides is 2. The van der Waals surface area contributed by atoms with Crippen LogP contribution in [0.1, 0.15) is 29.1 Å². The predicted octanol–water partition coefficient (Wildman–Crippen LogP) is 5.65. The number of nitrogens with zero attached hydrogens (tertiary/aromatic N) is 3. The van der Waals surface area contributed by atoms with Gasteiger partial charge in [-0.25, -0.2) is 0 Å². The summed E-state index contributed by atoms with van der Waals surface area (Å²) in [6, 6.07) is 9.05. The van der Waals surface area contributed by atoms with Crippen molar-refractivity contribution in [2.75, 3.05) is 11.1 Å². The standard InChI is InChI=1S/C20H17Cl4N5O2S/c1-10(25-19(31)11-3-5-13(21)15(23)7-11)18-27-28-20(29(18)2)32-9-17(30)26-12-4-6-14(22)16(24)8-12/h3-8,10H,9H2,1-2H3,(H,25,31)(H,26,30)/t10-/m1/s1. The highest BCUT2D eigenvalue weighted by Crippen LogP contribution is 2.26. The molecule has 0 radical (unpaired) electrons. The Morgan fingerprint density at radius 3 is 2.31 bits per heavy atom. The molecule has 2 aromatic carbocycles. The number of thioether (sulfide) groups is 1. The van der Waals surface area contributed by atoms with Gasteiger partial charge in [0.15, 0.2) is 11.0 Å². The highest BCUT2D eigenvalue weighted by molar-refractivity contribution is 7.99. The van der Waals surface area contributed by atoms with E-state index in [0.29, 0.717) is 42.3 Å². The van der Waals surface area contributed by atoms with Crippen LogP contribution >= 0.6 is 58.2 Å². The van der Waals surface area contributed by atoms with E-state index >= 15 is 0 Å². The van der Waals surface area contributed by atoms with E-state index < -0.39 is 6.04 Å². The molecule has 32 heavy (non-hydrogen) atoms. The molecular weight excluding hydrogens is 516 g/mol. The molecule has 1 atom stereocenters. The zero-order valence-electron chi connectivity index (χ0n) is 16.8. The molecular formula is C20H17Cl4N5O2S. The minimum Gasteiger partial charge on any atom is -0.342 e. The fraction of sp³-hybridized carbons (Fsp3) is 0.200. The van der Waals surface area contributed by atoms with Crippen LogP contribution in [0.3, 0.4) is 0 Å². The van der Waals surface area contributed by atoms with E-state index in [2.05, 4.69) is 20.8 Å². The van der Waals surface area contributed by atoms with Crippen molar-refractivity contribution in [3.63, 3.8) is 0 Å². The molecule has 0 unspecified atom stereocenters. The summed E-state index contributed by atoms with van der Waals surface area (Å²) in [4.78, 5) is 24.7. The second-order valence-electron chi connectivity index (χ2n) is 6.69. The van der Waals surface area contributed by atoms with E-state index in [9.17, 15) is 9.59 Å². The van der Waals surface area contributed by atoms with Crippen LogP contribution in [0.25, 0.3) is 0 Å². The number of hydrogen-bond acceptors (Lipinski definition) is 5. The van der Waals surface area contributed by atoms with Gasteiger partial charge in [0.2, 0.25) is 5.91 Å². The molecule has 0 saturated heterocycles. The first-order valence-electron chi connectivity index (χ1n) is 9.18. The van der Waals surface area contributed by atoms with Crippen molar-refractivity contribution >= 4 is 75.7 Å². The van der Waals surface area contributed by atoms with Crippen LogP contribution in [-0.2, 0) is 11.8 Å². The smallest absolute Gasteiger partial charge is 0.251 e. The maximum Gasteiger partial charge on any atom is 0.251 e. The van der Waals surface area contributed by atoms with Gasteiger partial charge >= 0.3 is 0 Å². The molecule has 0 saturated carbocycles. The molecule has 2 amide bonds. The Kier molecular flexibility index (Phi) is 8.30. The molecule has 2 N–H and O–H groups in total. The summed E-state index contributed by atoms with van der Waals surface area (Å²) in [7, 11) is 1.76. The summed E-state index contributed by atoms with van der Waals surface area (Å²) < 4.78 is 1.72.